The first-order chi connectivity index (χ1) is 46.0. The number of aliphatic hydroxyl groups excluding tert-OH is 2. The first kappa shape index (κ1) is 72.1. The standard InChI is InChI=1S/C69H87N13O14/c1-39(84)24-55(66(94)78-54(12-6-21-74-69(71)72)62(90)37-82-23-7-13-58(82)68(96)77-36-63(70)91)80-67(95)56(29-47-35-76-53-11-5-3-9-51(47)53)79-64(92)44(25-40-14-17-48(85)18-15-40)32-61(89)57(38-83)81-65(93)45(27-46-34-75-52-10-4-2-8-50(46)52)31-60(88)43(26-41-20-22-73-33-41)30-59(87)42-16-19-49(86)28-42/h2-5,8-11,14-15,17-18,22,33-35,39,42-45,54-58,75-76,83-85H,6-7,12-13,16,19-21,23-32,36-38H2,1H3,(H2,70,91)(H,77,96)(H,78,94)(H,79,92)(H,80,95)(H,81,93)(H4,71,72,74). The topological polar surface area (TPSA) is 446 Å². The fraction of sp³-hybridized carbons (Fsp3) is 0.464. The lowest BCUT2D eigenvalue weighted by molar-refractivity contribution is -0.136. The van der Waals surface area contributed by atoms with Gasteiger partial charge in [-0.3, -0.25) is 67.6 Å². The summed E-state index contributed by atoms with van der Waals surface area (Å²) in [5, 5.41) is 46.9. The van der Waals surface area contributed by atoms with Gasteiger partial charge in [-0.1, -0.05) is 48.5 Å². The van der Waals surface area contributed by atoms with Gasteiger partial charge in [-0.15, -0.1) is 0 Å². The third-order valence-electron chi connectivity index (χ3n) is 18.0. The molecular weight excluding hydrogens is 1230 g/mol. The number of guanidine groups is 1. The summed E-state index contributed by atoms with van der Waals surface area (Å²) in [6.07, 6.45) is 6.10. The van der Waals surface area contributed by atoms with E-state index in [1.807, 2.05) is 24.3 Å². The number of benzene rings is 3. The molecule has 512 valence electrons. The zero-order chi connectivity index (χ0) is 69.0. The number of H-pyrrole nitrogens is 2. The lowest BCUT2D eigenvalue weighted by Crippen LogP contribution is -2.58. The Balaban J connectivity index is 1.04. The van der Waals surface area contributed by atoms with E-state index in [1.54, 1.807) is 54.0 Å². The summed E-state index contributed by atoms with van der Waals surface area (Å²) in [5.74, 6) is -10.8. The normalized spacial score (nSPS) is 17.9. The Kier molecular flexibility index (Phi) is 26.0. The van der Waals surface area contributed by atoms with E-state index in [9.17, 15) is 58.5 Å². The summed E-state index contributed by atoms with van der Waals surface area (Å²) in [7, 11) is 0. The number of nitrogens with zero attached hydrogens (tertiary/aromatic N) is 3. The monoisotopic (exact) mass is 1320 g/mol. The van der Waals surface area contributed by atoms with Gasteiger partial charge in [0.15, 0.2) is 17.5 Å². The highest BCUT2D eigenvalue weighted by molar-refractivity contribution is 5.99. The van der Waals surface area contributed by atoms with Gasteiger partial charge in [0.05, 0.1) is 37.9 Å². The Bertz CT molecular complexity index is 3740. The van der Waals surface area contributed by atoms with Crippen molar-refractivity contribution in [2.24, 2.45) is 50.9 Å². The molecule has 1 saturated carbocycles. The van der Waals surface area contributed by atoms with Gasteiger partial charge < -0.3 is 69.1 Å². The number of aliphatic hydroxyl groups is 2. The van der Waals surface area contributed by atoms with E-state index < -0.39 is 132 Å². The van der Waals surface area contributed by atoms with Gasteiger partial charge in [0, 0.05) is 128 Å². The average molecular weight is 1320 g/mol. The van der Waals surface area contributed by atoms with Gasteiger partial charge in [0.25, 0.3) is 0 Å². The van der Waals surface area contributed by atoms with Crippen LogP contribution in [0.3, 0.4) is 0 Å². The van der Waals surface area contributed by atoms with E-state index in [4.69, 9.17) is 17.2 Å². The van der Waals surface area contributed by atoms with Gasteiger partial charge in [0.2, 0.25) is 35.4 Å². The molecule has 5 aromatic rings. The summed E-state index contributed by atoms with van der Waals surface area (Å²) in [5.41, 5.74) is 20.3. The minimum atomic E-state index is -1.64. The van der Waals surface area contributed by atoms with Crippen LogP contribution in [0.4, 0.5) is 0 Å². The molecule has 0 radical (unpaired) electrons. The largest absolute Gasteiger partial charge is 0.508 e. The number of carbonyl (C=O) groups is 11. The van der Waals surface area contributed by atoms with Crippen LogP contribution < -0.4 is 43.8 Å². The predicted octanol–water partition coefficient (Wildman–Crippen LogP) is 1.62. The SMILES string of the molecule is CC(O)CC(NC(=O)C(Cc1c[nH]c2ccccc12)NC(=O)C(CC(=O)C(CO)NC(=O)C(CC(=O)C(CC(=O)C1CCC(=O)C1)CC1=CN=CC1)Cc1c[nH]c2ccccc12)Cc1ccc(O)cc1)C(=O)NC(CCCN=C(N)N)C(=O)CN1CCCC1C(=O)NCC(N)=O. The average Bonchev–Trinajstić information content (AvgIpc) is 1.62. The van der Waals surface area contributed by atoms with Crippen molar-refractivity contribution in [3.8, 4) is 5.75 Å². The zero-order valence-electron chi connectivity index (χ0n) is 53.8. The maximum atomic E-state index is 15.2. The Labute approximate surface area is 554 Å². The number of aromatic nitrogens is 2. The molecule has 10 atom stereocenters. The molecule has 3 aromatic carbocycles. The number of phenols is 1. The van der Waals surface area contributed by atoms with Crippen molar-refractivity contribution in [2.45, 2.75) is 146 Å². The minimum absolute atomic E-state index is 0.000186. The number of phenolic OH excluding ortho intramolecular Hbond substituents is 1. The van der Waals surface area contributed by atoms with Gasteiger partial charge in [-0.05, 0) is 111 Å². The van der Waals surface area contributed by atoms with Crippen LogP contribution in [0.25, 0.3) is 21.8 Å². The van der Waals surface area contributed by atoms with Crippen molar-refractivity contribution < 1.29 is 68.1 Å². The third kappa shape index (κ3) is 20.6. The summed E-state index contributed by atoms with van der Waals surface area (Å²) < 4.78 is 0. The number of carbonyl (C=O) groups excluding carboxylic acids is 11. The predicted molar refractivity (Wildman–Crippen MR) is 356 cm³/mol. The Morgan fingerprint density at radius 3 is 1.93 bits per heavy atom. The molecule has 6 amide bonds. The van der Waals surface area contributed by atoms with Gasteiger partial charge >= 0.3 is 0 Å². The Morgan fingerprint density at radius 1 is 0.698 bits per heavy atom. The van der Waals surface area contributed by atoms with Crippen LogP contribution in [0.1, 0.15) is 107 Å². The summed E-state index contributed by atoms with van der Waals surface area (Å²) in [6, 6.07) is 13.6. The molecule has 96 heavy (non-hydrogen) atoms. The molecule has 4 heterocycles. The van der Waals surface area contributed by atoms with E-state index in [1.165, 1.54) is 31.2 Å². The smallest absolute Gasteiger partial charge is 0.243 e. The van der Waals surface area contributed by atoms with E-state index in [0.29, 0.717) is 59.8 Å². The van der Waals surface area contributed by atoms with Crippen molar-refractivity contribution in [1.82, 2.24) is 41.5 Å². The van der Waals surface area contributed by atoms with Gasteiger partial charge in [-0.25, -0.2) is 0 Å². The van der Waals surface area contributed by atoms with Crippen LogP contribution in [0.2, 0.25) is 0 Å². The molecule has 1 saturated heterocycles. The number of allylic oxidation sites excluding steroid dienone is 1. The lowest BCUT2D eigenvalue weighted by atomic mass is 9.82. The molecule has 8 rings (SSSR count). The highest BCUT2D eigenvalue weighted by atomic mass is 16.3. The number of amides is 6. The number of hydrogen-bond acceptors (Lipinski definition) is 17. The molecule has 10 unspecified atom stereocenters. The second kappa shape index (κ2) is 34.6. The summed E-state index contributed by atoms with van der Waals surface area (Å²) in [6.45, 7) is 0.158. The maximum absolute atomic E-state index is 15.2. The van der Waals surface area contributed by atoms with Crippen molar-refractivity contribution >= 4 is 98.3 Å². The summed E-state index contributed by atoms with van der Waals surface area (Å²) in [4.78, 5) is 170. The van der Waals surface area contributed by atoms with E-state index in [-0.39, 0.29) is 107 Å². The van der Waals surface area contributed by atoms with Crippen molar-refractivity contribution in [3.63, 3.8) is 0 Å². The van der Waals surface area contributed by atoms with Crippen LogP contribution >= 0.6 is 0 Å². The molecule has 1 aliphatic carbocycles. The maximum Gasteiger partial charge on any atom is 0.243 e. The van der Waals surface area contributed by atoms with Gasteiger partial charge in [-0.2, -0.15) is 0 Å². The number of nitrogens with one attached hydrogen (secondary N) is 7. The quantitative estimate of drug-likeness (QED) is 0.0152. The van der Waals surface area contributed by atoms with Crippen LogP contribution in [0.15, 0.2) is 107 Å². The minimum Gasteiger partial charge on any atom is -0.508 e. The summed E-state index contributed by atoms with van der Waals surface area (Å²) >= 11 is 0. The number of hydrogen-bond donors (Lipinski definition) is 13. The number of ketones is 5. The van der Waals surface area contributed by atoms with Crippen LogP contribution in [0.5, 0.6) is 5.75 Å². The third-order valence-corrected chi connectivity index (χ3v) is 18.0. The van der Waals surface area contributed by atoms with Crippen LogP contribution in [-0.4, -0.2) is 176 Å². The molecule has 3 aliphatic rings. The Morgan fingerprint density at radius 2 is 1.31 bits per heavy atom. The second-order valence-electron chi connectivity index (χ2n) is 25.3. The number of aromatic hydroxyl groups is 1. The van der Waals surface area contributed by atoms with E-state index in [0.717, 1.165) is 16.5 Å². The van der Waals surface area contributed by atoms with Crippen molar-refractivity contribution in [2.75, 3.05) is 32.8 Å². The fourth-order valence-electron chi connectivity index (χ4n) is 12.8. The number of likely N-dealkylation sites (tertiary alicyclic amines) is 1. The Hall–Kier alpha value is -9.73. The molecule has 2 aromatic heterocycles. The van der Waals surface area contributed by atoms with Crippen LogP contribution in [0, 0.1) is 23.7 Å². The molecule has 2 fully saturated rings. The highest BCUT2D eigenvalue weighted by Crippen LogP contribution is 2.32. The van der Waals surface area contributed by atoms with Crippen molar-refractivity contribution in [3.05, 3.63) is 114 Å². The fourth-order valence-corrected chi connectivity index (χ4v) is 12.8. The first-order valence-corrected chi connectivity index (χ1v) is 32.6. The molecule has 2 aliphatic heterocycles. The number of nitrogens with two attached hydrogens (primary N) is 3. The van der Waals surface area contributed by atoms with Crippen LogP contribution in [-0.2, 0) is 72.0 Å². The molecule has 27 nitrogen and oxygen atoms in total. The highest BCUT2D eigenvalue weighted by Gasteiger charge is 2.39. The number of rotatable bonds is 38. The van der Waals surface area contributed by atoms with E-state index in [2.05, 4.69) is 46.5 Å². The molecule has 16 N–H and O–H groups in total. The number of para-hydroxylation sites is 2. The number of primary amides is 1. The number of fused-ring (bicyclic) bond motifs is 2. The lowest BCUT2D eigenvalue weighted by Gasteiger charge is -2.28. The molecular formula is C69H87N13O14. The molecule has 27 heteroatoms. The van der Waals surface area contributed by atoms with Gasteiger partial charge in [0.1, 0.15) is 41.2 Å². The molecule has 0 bridgehead atoms. The van der Waals surface area contributed by atoms with Crippen molar-refractivity contribution in [1.29, 1.82) is 0 Å². The second-order valence-corrected chi connectivity index (χ2v) is 25.3. The molecule has 0 spiro atoms. The number of aliphatic imine (C=N–C) groups is 2. The first-order valence-electron chi connectivity index (χ1n) is 32.6. The number of aromatic amines is 2. The zero-order valence-corrected chi connectivity index (χ0v) is 53.8. The van der Waals surface area contributed by atoms with E-state index >= 15 is 9.59 Å². The number of Topliss-reactive ketones (excluding diaryl/α,β-unsaturated/α-hetero) is 5.